The predicted molar refractivity (Wildman–Crippen MR) is 134 cm³/mol. The molecule has 0 spiro atoms. The molecule has 0 aliphatic rings. The Balaban J connectivity index is 3.05. The highest BCUT2D eigenvalue weighted by atomic mass is 16.6. The van der Waals surface area contributed by atoms with E-state index in [0.29, 0.717) is 0 Å². The lowest BCUT2D eigenvalue weighted by atomic mass is 10.0. The minimum absolute atomic E-state index is 0.531. The molecule has 1 N–H and O–H groups in total. The first-order valence-electron chi connectivity index (χ1n) is 14.1. The van der Waals surface area contributed by atoms with Gasteiger partial charge in [0.05, 0.1) is 0 Å². The second-order valence-corrected chi connectivity index (χ2v) is 9.54. The van der Waals surface area contributed by atoms with Gasteiger partial charge < -0.3 is 9.84 Å². The molecule has 0 aromatic carbocycles. The Kier molecular flexibility index (Phi) is 26.9. The van der Waals surface area contributed by atoms with E-state index in [0.717, 1.165) is 25.9 Å². The zero-order valence-corrected chi connectivity index (χ0v) is 21.1. The van der Waals surface area contributed by atoms with E-state index in [1.165, 1.54) is 135 Å². The van der Waals surface area contributed by atoms with Crippen LogP contribution in [0.3, 0.4) is 0 Å². The lowest BCUT2D eigenvalue weighted by molar-refractivity contribution is -0.105. The second-order valence-electron chi connectivity index (χ2n) is 9.54. The molecule has 0 radical (unpaired) electrons. The number of aliphatic hydroxyl groups is 1. The van der Waals surface area contributed by atoms with E-state index < -0.39 is 6.29 Å². The van der Waals surface area contributed by atoms with Gasteiger partial charge in [-0.15, -0.1) is 0 Å². The molecule has 0 rings (SSSR count). The Bertz CT molecular complexity index is 292. The standard InChI is InChI=1S/C28H58O2/c1-3-5-7-8-9-10-11-12-13-14-15-16-17-18-19-20-21-22-23-25-27-30-28(29)26-24-6-4-2/h28-29H,3-27H2,1-2H3. The van der Waals surface area contributed by atoms with Crippen molar-refractivity contribution in [2.75, 3.05) is 6.61 Å². The summed E-state index contributed by atoms with van der Waals surface area (Å²) in [4.78, 5) is 0. The molecular weight excluding hydrogens is 368 g/mol. The Morgan fingerprint density at radius 1 is 0.433 bits per heavy atom. The predicted octanol–water partition coefficient (Wildman–Crippen LogP) is 9.72. The van der Waals surface area contributed by atoms with Crippen molar-refractivity contribution in [1.29, 1.82) is 0 Å². The van der Waals surface area contributed by atoms with Gasteiger partial charge in [-0.05, 0) is 19.3 Å². The molecule has 0 heterocycles. The van der Waals surface area contributed by atoms with Gasteiger partial charge >= 0.3 is 0 Å². The fourth-order valence-electron chi connectivity index (χ4n) is 4.23. The third-order valence-electron chi connectivity index (χ3n) is 6.36. The minimum Gasteiger partial charge on any atom is -0.368 e. The zero-order chi connectivity index (χ0) is 22.0. The highest BCUT2D eigenvalue weighted by Crippen LogP contribution is 2.15. The Hall–Kier alpha value is -0.0800. The van der Waals surface area contributed by atoms with Gasteiger partial charge in [0.15, 0.2) is 6.29 Å². The summed E-state index contributed by atoms with van der Waals surface area (Å²) in [6.45, 7) is 5.21. The Labute approximate surface area is 191 Å². The van der Waals surface area contributed by atoms with Gasteiger partial charge in [-0.3, -0.25) is 0 Å². The van der Waals surface area contributed by atoms with Gasteiger partial charge in [-0.25, -0.2) is 0 Å². The maximum Gasteiger partial charge on any atom is 0.154 e. The van der Waals surface area contributed by atoms with Crippen molar-refractivity contribution >= 4 is 0 Å². The number of hydrogen-bond acceptors (Lipinski definition) is 2. The van der Waals surface area contributed by atoms with Gasteiger partial charge in [-0.1, -0.05) is 149 Å². The summed E-state index contributed by atoms with van der Waals surface area (Å²) >= 11 is 0. The van der Waals surface area contributed by atoms with Crippen molar-refractivity contribution in [2.24, 2.45) is 0 Å². The molecule has 1 unspecified atom stereocenters. The third kappa shape index (κ3) is 26.0. The summed E-state index contributed by atoms with van der Waals surface area (Å²) in [5, 5.41) is 9.71. The molecule has 0 aromatic heterocycles. The average molecular weight is 427 g/mol. The first-order chi connectivity index (χ1) is 14.8. The SMILES string of the molecule is CCCCCCCCCCCCCCCCCCCCCCOC(O)CCCCC. The van der Waals surface area contributed by atoms with Crippen LogP contribution in [0.25, 0.3) is 0 Å². The molecule has 0 aliphatic carbocycles. The molecule has 0 aromatic rings. The highest BCUT2D eigenvalue weighted by molar-refractivity contribution is 4.51. The molecule has 0 bridgehead atoms. The van der Waals surface area contributed by atoms with E-state index in [2.05, 4.69) is 13.8 Å². The topological polar surface area (TPSA) is 29.5 Å². The zero-order valence-electron chi connectivity index (χ0n) is 21.1. The van der Waals surface area contributed by atoms with Gasteiger partial charge in [0.25, 0.3) is 0 Å². The summed E-state index contributed by atoms with van der Waals surface area (Å²) in [6.07, 6.45) is 31.9. The highest BCUT2D eigenvalue weighted by Gasteiger charge is 2.02. The van der Waals surface area contributed by atoms with Crippen molar-refractivity contribution in [3.63, 3.8) is 0 Å². The van der Waals surface area contributed by atoms with Crippen LogP contribution in [-0.2, 0) is 4.74 Å². The van der Waals surface area contributed by atoms with Crippen LogP contribution in [0.2, 0.25) is 0 Å². The summed E-state index contributed by atoms with van der Waals surface area (Å²) in [5.74, 6) is 0. The van der Waals surface area contributed by atoms with Crippen LogP contribution >= 0.6 is 0 Å². The minimum atomic E-state index is -0.531. The third-order valence-corrected chi connectivity index (χ3v) is 6.36. The monoisotopic (exact) mass is 426 g/mol. The molecule has 0 aliphatic heterocycles. The Morgan fingerprint density at radius 3 is 1.10 bits per heavy atom. The van der Waals surface area contributed by atoms with Crippen molar-refractivity contribution < 1.29 is 9.84 Å². The first kappa shape index (κ1) is 29.9. The van der Waals surface area contributed by atoms with Crippen LogP contribution in [-0.4, -0.2) is 18.0 Å². The maximum atomic E-state index is 9.71. The van der Waals surface area contributed by atoms with Gasteiger partial charge in [0, 0.05) is 6.61 Å². The van der Waals surface area contributed by atoms with Crippen LogP contribution in [0.4, 0.5) is 0 Å². The molecule has 0 amide bonds. The van der Waals surface area contributed by atoms with Crippen molar-refractivity contribution in [1.82, 2.24) is 0 Å². The van der Waals surface area contributed by atoms with E-state index in [9.17, 15) is 5.11 Å². The summed E-state index contributed by atoms with van der Waals surface area (Å²) in [6, 6.07) is 0. The van der Waals surface area contributed by atoms with E-state index in [-0.39, 0.29) is 0 Å². The number of unbranched alkanes of at least 4 members (excludes halogenated alkanes) is 21. The summed E-state index contributed by atoms with van der Waals surface area (Å²) in [7, 11) is 0. The number of ether oxygens (including phenoxy) is 1. The average Bonchev–Trinajstić information content (AvgIpc) is 2.75. The fraction of sp³-hybridized carbons (Fsp3) is 1.00. The number of hydrogen-bond donors (Lipinski definition) is 1. The molecule has 30 heavy (non-hydrogen) atoms. The lowest BCUT2D eigenvalue weighted by Crippen LogP contribution is -2.12. The molecule has 0 saturated carbocycles. The van der Waals surface area contributed by atoms with E-state index >= 15 is 0 Å². The van der Waals surface area contributed by atoms with Crippen LogP contribution in [0.1, 0.15) is 168 Å². The number of aliphatic hydroxyl groups excluding tert-OH is 1. The van der Waals surface area contributed by atoms with Crippen molar-refractivity contribution in [3.05, 3.63) is 0 Å². The van der Waals surface area contributed by atoms with Gasteiger partial charge in [-0.2, -0.15) is 0 Å². The number of rotatable bonds is 26. The Morgan fingerprint density at radius 2 is 0.733 bits per heavy atom. The molecule has 182 valence electrons. The van der Waals surface area contributed by atoms with Crippen LogP contribution in [0, 0.1) is 0 Å². The molecule has 1 atom stereocenters. The molecular formula is C28H58O2. The normalized spacial score (nSPS) is 12.5. The molecule has 0 fully saturated rings. The van der Waals surface area contributed by atoms with E-state index in [4.69, 9.17) is 4.74 Å². The first-order valence-corrected chi connectivity index (χ1v) is 14.1. The lowest BCUT2D eigenvalue weighted by Gasteiger charge is -2.11. The maximum absolute atomic E-state index is 9.71. The van der Waals surface area contributed by atoms with Crippen molar-refractivity contribution in [2.45, 2.75) is 174 Å². The quantitative estimate of drug-likeness (QED) is 0.110. The second kappa shape index (κ2) is 27.0. The van der Waals surface area contributed by atoms with E-state index in [1.54, 1.807) is 0 Å². The fourth-order valence-corrected chi connectivity index (χ4v) is 4.23. The van der Waals surface area contributed by atoms with Crippen molar-refractivity contribution in [3.8, 4) is 0 Å². The largest absolute Gasteiger partial charge is 0.368 e. The van der Waals surface area contributed by atoms with Gasteiger partial charge in [0.1, 0.15) is 0 Å². The van der Waals surface area contributed by atoms with Crippen LogP contribution in [0.5, 0.6) is 0 Å². The molecule has 2 nitrogen and oxygen atoms in total. The van der Waals surface area contributed by atoms with Gasteiger partial charge in [0.2, 0.25) is 0 Å². The van der Waals surface area contributed by atoms with Crippen LogP contribution < -0.4 is 0 Å². The molecule has 2 heteroatoms. The van der Waals surface area contributed by atoms with Crippen LogP contribution in [0.15, 0.2) is 0 Å². The molecule has 0 saturated heterocycles. The summed E-state index contributed by atoms with van der Waals surface area (Å²) < 4.78 is 5.48. The smallest absolute Gasteiger partial charge is 0.154 e. The summed E-state index contributed by atoms with van der Waals surface area (Å²) in [5.41, 5.74) is 0. The van der Waals surface area contributed by atoms with E-state index in [1.807, 2.05) is 0 Å².